The van der Waals surface area contributed by atoms with Crippen LogP contribution in [0.25, 0.3) is 5.69 Å². The van der Waals surface area contributed by atoms with E-state index in [4.69, 9.17) is 26.1 Å². The maximum atomic E-state index is 13.1. The number of nitrogens with zero attached hydrogens (tertiary/aromatic N) is 4. The number of rotatable bonds is 9. The first kappa shape index (κ1) is 35.8. The summed E-state index contributed by atoms with van der Waals surface area (Å²) in [4.78, 5) is 22.8. The fourth-order valence-corrected chi connectivity index (χ4v) is 5.59. The van der Waals surface area contributed by atoms with E-state index in [1.165, 1.54) is 5.69 Å². The van der Waals surface area contributed by atoms with Crippen molar-refractivity contribution in [3.63, 3.8) is 0 Å². The SMILES string of the molecule is CCCc1nc(C(=O)NCCCN2CCN(c3cccc(Cl)c3C)CC2)c(C)n1-c1ccc2c(c1)OCCO2.Cl.Cl.Cl. The molecule has 2 aliphatic heterocycles. The van der Waals surface area contributed by atoms with Gasteiger partial charge in [0.1, 0.15) is 24.7 Å². The molecule has 42 heavy (non-hydrogen) atoms. The summed E-state index contributed by atoms with van der Waals surface area (Å²) in [5, 5.41) is 3.92. The molecule has 1 aromatic heterocycles. The van der Waals surface area contributed by atoms with E-state index in [9.17, 15) is 4.79 Å². The van der Waals surface area contributed by atoms with Crippen LogP contribution in [0, 0.1) is 13.8 Å². The van der Waals surface area contributed by atoms with E-state index in [1.807, 2.05) is 37.3 Å². The molecule has 1 amide bonds. The molecule has 8 nitrogen and oxygen atoms in total. The van der Waals surface area contributed by atoms with Crippen LogP contribution in [0.1, 0.15) is 47.3 Å². The molecule has 1 N–H and O–H groups in total. The zero-order valence-corrected chi connectivity index (χ0v) is 27.6. The van der Waals surface area contributed by atoms with Crippen LogP contribution in [0.15, 0.2) is 36.4 Å². The Labute approximate surface area is 272 Å². The zero-order chi connectivity index (χ0) is 27.4. The van der Waals surface area contributed by atoms with Crippen molar-refractivity contribution in [2.45, 2.75) is 40.0 Å². The second-order valence-electron chi connectivity index (χ2n) is 10.2. The number of benzene rings is 2. The Kier molecular flexibility index (Phi) is 14.1. The van der Waals surface area contributed by atoms with Crippen molar-refractivity contribution in [2.24, 2.45) is 0 Å². The number of amides is 1. The monoisotopic (exact) mass is 659 g/mol. The summed E-state index contributed by atoms with van der Waals surface area (Å²) in [5.74, 6) is 2.23. The molecule has 1 fully saturated rings. The number of aromatic nitrogens is 2. The highest BCUT2D eigenvalue weighted by atomic mass is 35.5. The van der Waals surface area contributed by atoms with Crippen LogP contribution < -0.4 is 19.7 Å². The third-order valence-corrected chi connectivity index (χ3v) is 7.95. The van der Waals surface area contributed by atoms with Crippen molar-refractivity contribution in [3.05, 3.63) is 64.2 Å². The smallest absolute Gasteiger partial charge is 0.271 e. The van der Waals surface area contributed by atoms with Gasteiger partial charge in [0, 0.05) is 55.9 Å². The summed E-state index contributed by atoms with van der Waals surface area (Å²) in [7, 11) is 0. The molecule has 0 aliphatic carbocycles. The van der Waals surface area contributed by atoms with Gasteiger partial charge in [-0.1, -0.05) is 24.6 Å². The van der Waals surface area contributed by atoms with Crippen LogP contribution >= 0.6 is 48.8 Å². The van der Waals surface area contributed by atoms with Gasteiger partial charge in [-0.05, 0) is 63.1 Å². The van der Waals surface area contributed by atoms with Crippen LogP contribution in [0.2, 0.25) is 5.02 Å². The van der Waals surface area contributed by atoms with E-state index in [0.29, 0.717) is 25.5 Å². The second-order valence-corrected chi connectivity index (χ2v) is 10.6. The van der Waals surface area contributed by atoms with Gasteiger partial charge in [-0.25, -0.2) is 4.98 Å². The Balaban J connectivity index is 0.00000205. The van der Waals surface area contributed by atoms with Crippen LogP contribution in [0.4, 0.5) is 5.69 Å². The molecular formula is C30H41Cl4N5O3. The number of imidazole rings is 1. The van der Waals surface area contributed by atoms with E-state index in [1.54, 1.807) is 0 Å². The molecule has 0 unspecified atom stereocenters. The van der Waals surface area contributed by atoms with Crippen molar-refractivity contribution in [1.29, 1.82) is 0 Å². The van der Waals surface area contributed by atoms with Gasteiger partial charge in [0.05, 0.1) is 11.4 Å². The molecule has 232 valence electrons. The largest absolute Gasteiger partial charge is 0.486 e. The molecule has 0 spiro atoms. The molecule has 3 heterocycles. The van der Waals surface area contributed by atoms with Crippen LogP contribution in [-0.2, 0) is 6.42 Å². The van der Waals surface area contributed by atoms with Crippen LogP contribution in [0.5, 0.6) is 11.5 Å². The number of fused-ring (bicyclic) bond motifs is 1. The highest BCUT2D eigenvalue weighted by molar-refractivity contribution is 6.31. The number of carbonyl (C=O) groups is 1. The number of anilines is 1. The highest BCUT2D eigenvalue weighted by Crippen LogP contribution is 2.33. The Hall–Kier alpha value is -2.36. The Morgan fingerprint density at radius 1 is 1.00 bits per heavy atom. The van der Waals surface area contributed by atoms with Gasteiger partial charge < -0.3 is 24.3 Å². The lowest BCUT2D eigenvalue weighted by atomic mass is 10.1. The molecule has 2 aromatic carbocycles. The Morgan fingerprint density at radius 2 is 1.71 bits per heavy atom. The number of hydrogen-bond donors (Lipinski definition) is 1. The molecule has 12 heteroatoms. The minimum atomic E-state index is -0.123. The molecule has 1 saturated heterocycles. The van der Waals surface area contributed by atoms with Gasteiger partial charge in [-0.2, -0.15) is 0 Å². The standard InChI is InChI=1S/C30H38ClN5O3.3ClH/c1-4-7-28-33-29(22(3)36(28)23-10-11-26-27(20-23)39-19-18-38-26)30(37)32-12-6-13-34-14-16-35(17-15-34)25-9-5-8-24(31)21(25)2;;;/h5,8-11,20H,4,6-7,12-19H2,1-3H3,(H,32,37);3*1H. The van der Waals surface area contributed by atoms with Crippen molar-refractivity contribution >= 4 is 60.4 Å². The third kappa shape index (κ3) is 7.97. The third-order valence-electron chi connectivity index (χ3n) is 7.54. The number of halogens is 4. The summed E-state index contributed by atoms with van der Waals surface area (Å²) >= 11 is 6.32. The molecule has 2 aliphatic rings. The summed E-state index contributed by atoms with van der Waals surface area (Å²) in [6.45, 7) is 12.8. The molecule has 5 rings (SSSR count). The first-order valence-electron chi connectivity index (χ1n) is 13.9. The zero-order valence-electron chi connectivity index (χ0n) is 24.4. The van der Waals surface area contributed by atoms with Crippen LogP contribution in [-0.4, -0.2) is 72.8 Å². The number of piperazine rings is 1. The van der Waals surface area contributed by atoms with E-state index in [2.05, 4.69) is 39.6 Å². The minimum Gasteiger partial charge on any atom is -0.486 e. The van der Waals surface area contributed by atoms with Gasteiger partial charge in [0.2, 0.25) is 0 Å². The normalized spacial score (nSPS) is 14.3. The summed E-state index contributed by atoms with van der Waals surface area (Å²) in [5.41, 5.74) is 4.62. The summed E-state index contributed by atoms with van der Waals surface area (Å²) < 4.78 is 13.5. The lowest BCUT2D eigenvalue weighted by molar-refractivity contribution is 0.0946. The second kappa shape index (κ2) is 16.5. The minimum absolute atomic E-state index is 0. The Bertz CT molecular complexity index is 1330. The average molecular weight is 662 g/mol. The molecular weight excluding hydrogens is 620 g/mol. The lowest BCUT2D eigenvalue weighted by Gasteiger charge is -2.37. The predicted octanol–water partition coefficient (Wildman–Crippen LogP) is 6.07. The van der Waals surface area contributed by atoms with Crippen molar-refractivity contribution in [2.75, 3.05) is 57.4 Å². The fourth-order valence-electron chi connectivity index (χ4n) is 5.42. The van der Waals surface area contributed by atoms with Crippen molar-refractivity contribution < 1.29 is 14.3 Å². The Morgan fingerprint density at radius 3 is 2.43 bits per heavy atom. The van der Waals surface area contributed by atoms with Gasteiger partial charge in [0.25, 0.3) is 5.91 Å². The summed E-state index contributed by atoms with van der Waals surface area (Å²) in [6.07, 6.45) is 2.61. The lowest BCUT2D eigenvalue weighted by Crippen LogP contribution is -2.47. The maximum Gasteiger partial charge on any atom is 0.271 e. The molecule has 0 atom stereocenters. The average Bonchev–Trinajstić information content (AvgIpc) is 3.28. The highest BCUT2D eigenvalue weighted by Gasteiger charge is 2.22. The van der Waals surface area contributed by atoms with Crippen molar-refractivity contribution in [3.8, 4) is 17.2 Å². The molecule has 0 radical (unpaired) electrons. The van der Waals surface area contributed by atoms with E-state index in [0.717, 1.165) is 91.3 Å². The quantitative estimate of drug-likeness (QED) is 0.281. The molecule has 3 aromatic rings. The predicted molar refractivity (Wildman–Crippen MR) is 177 cm³/mol. The maximum absolute atomic E-state index is 13.1. The number of aryl methyl sites for hydroxylation is 1. The van der Waals surface area contributed by atoms with Gasteiger partial charge in [0.15, 0.2) is 11.5 Å². The number of nitrogens with one attached hydrogen (secondary N) is 1. The van der Waals surface area contributed by atoms with E-state index in [-0.39, 0.29) is 43.1 Å². The molecule has 0 bridgehead atoms. The van der Waals surface area contributed by atoms with Gasteiger partial charge >= 0.3 is 0 Å². The van der Waals surface area contributed by atoms with E-state index < -0.39 is 0 Å². The first-order valence-corrected chi connectivity index (χ1v) is 14.3. The number of ether oxygens (including phenoxy) is 2. The number of carbonyl (C=O) groups excluding carboxylic acids is 1. The molecule has 0 saturated carbocycles. The van der Waals surface area contributed by atoms with E-state index >= 15 is 0 Å². The first-order chi connectivity index (χ1) is 19.0. The topological polar surface area (TPSA) is 71.9 Å². The van der Waals surface area contributed by atoms with Crippen LogP contribution in [0.3, 0.4) is 0 Å². The number of hydrogen-bond acceptors (Lipinski definition) is 6. The van der Waals surface area contributed by atoms with Gasteiger partial charge in [-0.3, -0.25) is 9.69 Å². The summed E-state index contributed by atoms with van der Waals surface area (Å²) in [6, 6.07) is 12.0. The fraction of sp³-hybridized carbons (Fsp3) is 0.467. The van der Waals surface area contributed by atoms with Crippen molar-refractivity contribution in [1.82, 2.24) is 19.8 Å². The van der Waals surface area contributed by atoms with Gasteiger partial charge in [-0.15, -0.1) is 37.2 Å².